The SMILES string of the molecule is [Ir+3].[c-]1cc(-c2nccn2-c2cc(-c3ccccc3-c3c[c-]c(-c4ccccn4)cc3-c3ccc(-c4ccccc4)cc3)cc(-c3nccn3-c3c[c-]c(-c4ccccn4)cc3)c2)ccc1-c1ccccn1. The fourth-order valence-corrected chi connectivity index (χ4v) is 9.04. The van der Waals surface area contributed by atoms with Crippen LogP contribution in [0.15, 0.2) is 244 Å². The Kier molecular flexibility index (Phi) is 12.5. The first-order valence-corrected chi connectivity index (χ1v) is 23.0. The molecule has 12 rings (SSSR count). The maximum Gasteiger partial charge on any atom is 3.00 e. The van der Waals surface area contributed by atoms with Gasteiger partial charge in [-0.2, -0.15) is 0 Å². The number of pyridine rings is 3. The molecular formula is C63H40IrN7. The van der Waals surface area contributed by atoms with Crippen LogP contribution in [0.4, 0.5) is 0 Å². The zero-order chi connectivity index (χ0) is 46.6. The van der Waals surface area contributed by atoms with Gasteiger partial charge in [0.1, 0.15) is 11.6 Å². The molecule has 0 aliphatic carbocycles. The number of rotatable bonds is 11. The first-order chi connectivity index (χ1) is 34.7. The number of nitrogens with zero attached hydrogens (tertiary/aromatic N) is 7. The first-order valence-electron chi connectivity index (χ1n) is 23.0. The van der Waals surface area contributed by atoms with Gasteiger partial charge in [-0.05, 0) is 87.0 Å². The van der Waals surface area contributed by atoms with Crippen LogP contribution in [0.2, 0.25) is 0 Å². The molecule has 8 heteroatoms. The Morgan fingerprint density at radius 1 is 0.296 bits per heavy atom. The first kappa shape index (κ1) is 44.6. The van der Waals surface area contributed by atoms with Gasteiger partial charge in [0.2, 0.25) is 0 Å². The van der Waals surface area contributed by atoms with E-state index < -0.39 is 0 Å². The van der Waals surface area contributed by atoms with Crippen molar-refractivity contribution in [3.05, 3.63) is 262 Å². The molecule has 5 heterocycles. The Labute approximate surface area is 425 Å². The zero-order valence-electron chi connectivity index (χ0n) is 38.1. The van der Waals surface area contributed by atoms with Gasteiger partial charge in [-0.3, -0.25) is 0 Å². The maximum atomic E-state index is 5.01. The molecule has 0 N–H and O–H groups in total. The van der Waals surface area contributed by atoms with Crippen molar-refractivity contribution in [1.82, 2.24) is 34.1 Å². The van der Waals surface area contributed by atoms with Gasteiger partial charge in [-0.1, -0.05) is 138 Å². The molecule has 0 fully saturated rings. The maximum absolute atomic E-state index is 5.01. The van der Waals surface area contributed by atoms with Crippen molar-refractivity contribution < 1.29 is 20.1 Å². The molecule has 0 radical (unpaired) electrons. The predicted molar refractivity (Wildman–Crippen MR) is 280 cm³/mol. The summed E-state index contributed by atoms with van der Waals surface area (Å²) in [5.74, 6) is 1.56. The van der Waals surface area contributed by atoms with Crippen molar-refractivity contribution in [2.45, 2.75) is 0 Å². The van der Waals surface area contributed by atoms with Crippen LogP contribution >= 0.6 is 0 Å². The van der Waals surface area contributed by atoms with Crippen LogP contribution < -0.4 is 0 Å². The fourth-order valence-electron chi connectivity index (χ4n) is 9.04. The second kappa shape index (κ2) is 20.0. The Morgan fingerprint density at radius 3 is 1.44 bits per heavy atom. The number of imidazole rings is 2. The summed E-state index contributed by atoms with van der Waals surface area (Å²) in [5, 5.41) is 0. The van der Waals surface area contributed by atoms with Crippen LogP contribution in [-0.4, -0.2) is 34.1 Å². The van der Waals surface area contributed by atoms with Crippen molar-refractivity contribution in [1.29, 1.82) is 0 Å². The zero-order valence-corrected chi connectivity index (χ0v) is 40.5. The molecule has 7 aromatic carbocycles. The summed E-state index contributed by atoms with van der Waals surface area (Å²) >= 11 is 0. The number of benzene rings is 7. The number of hydrogen-bond acceptors (Lipinski definition) is 5. The van der Waals surface area contributed by atoms with Crippen molar-refractivity contribution in [3.8, 4) is 112 Å². The Bertz CT molecular complexity index is 3580. The van der Waals surface area contributed by atoms with Gasteiger partial charge < -0.3 is 24.1 Å². The van der Waals surface area contributed by atoms with Crippen molar-refractivity contribution >= 4 is 0 Å². The quantitative estimate of drug-likeness (QED) is 0.121. The van der Waals surface area contributed by atoms with E-state index in [1.807, 2.05) is 110 Å². The van der Waals surface area contributed by atoms with Crippen molar-refractivity contribution in [2.75, 3.05) is 0 Å². The van der Waals surface area contributed by atoms with Gasteiger partial charge in [0.05, 0.1) is 0 Å². The van der Waals surface area contributed by atoms with Crippen LogP contribution in [0.3, 0.4) is 0 Å². The normalized spacial score (nSPS) is 11.0. The summed E-state index contributed by atoms with van der Waals surface area (Å²) in [6.45, 7) is 0. The predicted octanol–water partition coefficient (Wildman–Crippen LogP) is 14.6. The summed E-state index contributed by atoms with van der Waals surface area (Å²) in [6.07, 6.45) is 13.1. The molecule has 0 aliphatic heterocycles. The molecule has 0 bridgehead atoms. The molecule has 5 aromatic heterocycles. The molecule has 0 aliphatic rings. The average molecular weight is 1090 g/mol. The van der Waals surface area contributed by atoms with E-state index in [0.717, 1.165) is 107 Å². The van der Waals surface area contributed by atoms with Crippen LogP contribution in [0.25, 0.3) is 112 Å². The van der Waals surface area contributed by atoms with Gasteiger partial charge in [0.15, 0.2) is 0 Å². The summed E-state index contributed by atoms with van der Waals surface area (Å²) < 4.78 is 4.24. The standard InChI is InChI=1S/C63H40N7.Ir/c1-2-12-44(13-3-1)45-19-21-46(22-20-45)58-43-50(61-18-8-11-35-66-61)29-32-57(58)56-15-5-4-14-55(56)51-40-52(63-68-36-38-69(63)53-30-27-48(28-31-53)60-17-7-10-34-65-60)42-54(41-51)70-39-37-67-62(70)49-25-23-47(24-26-49)59-16-6-9-33-64-59;/h1-23,25-27,30-43H;/q-3;+3. The molecule has 0 amide bonds. The largest absolute Gasteiger partial charge is 3.00 e. The summed E-state index contributed by atoms with van der Waals surface area (Å²) in [5.41, 5.74) is 17.7. The van der Waals surface area contributed by atoms with E-state index >= 15 is 0 Å². The molecule has 0 spiro atoms. The van der Waals surface area contributed by atoms with Gasteiger partial charge in [-0.25, -0.2) is 9.97 Å². The van der Waals surface area contributed by atoms with Crippen LogP contribution in [-0.2, 0) is 20.1 Å². The van der Waals surface area contributed by atoms with E-state index in [2.05, 4.69) is 159 Å². The molecule has 0 saturated carbocycles. The van der Waals surface area contributed by atoms with Crippen molar-refractivity contribution in [2.24, 2.45) is 0 Å². The van der Waals surface area contributed by atoms with Crippen LogP contribution in [0.1, 0.15) is 0 Å². The Balaban J connectivity index is 0.00000547. The van der Waals surface area contributed by atoms with Gasteiger partial charge in [-0.15, -0.1) is 83.4 Å². The van der Waals surface area contributed by atoms with E-state index in [1.54, 1.807) is 12.4 Å². The van der Waals surface area contributed by atoms with E-state index in [4.69, 9.17) is 15.0 Å². The average Bonchev–Trinajstić information content (AvgIpc) is 4.16. The topological polar surface area (TPSA) is 74.3 Å². The molecule has 336 valence electrons. The van der Waals surface area contributed by atoms with Gasteiger partial charge in [0.25, 0.3) is 0 Å². The van der Waals surface area contributed by atoms with Crippen LogP contribution in [0.5, 0.6) is 0 Å². The second-order valence-corrected chi connectivity index (χ2v) is 16.8. The minimum absolute atomic E-state index is 0. The van der Waals surface area contributed by atoms with Gasteiger partial charge in [0, 0.05) is 54.6 Å². The summed E-state index contributed by atoms with van der Waals surface area (Å²) in [7, 11) is 0. The second-order valence-electron chi connectivity index (χ2n) is 16.8. The fraction of sp³-hybridized carbons (Fsp3) is 0. The minimum atomic E-state index is 0. The molecular weight excluding hydrogens is 1050 g/mol. The third kappa shape index (κ3) is 9.09. The number of aromatic nitrogens is 7. The summed E-state index contributed by atoms with van der Waals surface area (Å²) in [4.78, 5) is 23.7. The summed E-state index contributed by atoms with van der Waals surface area (Å²) in [6, 6.07) is 79.5. The molecule has 0 saturated heterocycles. The molecule has 0 unspecified atom stereocenters. The molecule has 0 atom stereocenters. The molecule has 7 nitrogen and oxygen atoms in total. The van der Waals surface area contributed by atoms with E-state index in [9.17, 15) is 0 Å². The van der Waals surface area contributed by atoms with E-state index in [1.165, 1.54) is 5.56 Å². The molecule has 71 heavy (non-hydrogen) atoms. The third-order valence-corrected chi connectivity index (χ3v) is 12.5. The smallest absolute Gasteiger partial charge is 0.341 e. The van der Waals surface area contributed by atoms with E-state index in [0.29, 0.717) is 0 Å². The number of hydrogen-bond donors (Lipinski definition) is 0. The third-order valence-electron chi connectivity index (χ3n) is 12.5. The van der Waals surface area contributed by atoms with Crippen LogP contribution in [0, 0.1) is 18.2 Å². The monoisotopic (exact) mass is 1090 g/mol. The Hall–Kier alpha value is -8.94. The van der Waals surface area contributed by atoms with Crippen molar-refractivity contribution in [3.63, 3.8) is 0 Å². The van der Waals surface area contributed by atoms with Gasteiger partial charge >= 0.3 is 20.1 Å². The minimum Gasteiger partial charge on any atom is -0.341 e. The van der Waals surface area contributed by atoms with E-state index in [-0.39, 0.29) is 20.1 Å². The molecule has 12 aromatic rings. The Morgan fingerprint density at radius 2 is 0.817 bits per heavy atom.